The van der Waals surface area contributed by atoms with Crippen molar-refractivity contribution in [1.29, 1.82) is 0 Å². The van der Waals surface area contributed by atoms with Crippen LogP contribution in [0.15, 0.2) is 65.1 Å². The molecule has 0 bridgehead atoms. The fourth-order valence-electron chi connectivity index (χ4n) is 2.58. The Kier molecular flexibility index (Phi) is 5.92. The number of nitro benzene ring substituents is 1. The summed E-state index contributed by atoms with van der Waals surface area (Å²) in [6, 6.07) is 16.1. The summed E-state index contributed by atoms with van der Waals surface area (Å²) in [4.78, 5) is 22.7. The number of hydrogen-bond acceptors (Lipinski definition) is 8. The van der Waals surface area contributed by atoms with Crippen molar-refractivity contribution in [1.82, 2.24) is 10.2 Å². The molecule has 0 saturated heterocycles. The number of hydrogen-bond donors (Lipinski definition) is 1. The number of carbonyl (C=O) groups is 1. The monoisotopic (exact) mass is 456 g/mol. The van der Waals surface area contributed by atoms with Gasteiger partial charge >= 0.3 is 0 Å². The van der Waals surface area contributed by atoms with E-state index < -0.39 is 10.8 Å². The van der Waals surface area contributed by atoms with Crippen LogP contribution in [0.25, 0.3) is 11.3 Å². The normalized spacial score (nSPS) is 10.6. The molecule has 2 aromatic heterocycles. The molecule has 0 aliphatic carbocycles. The number of benzene rings is 2. The quantitative estimate of drug-likeness (QED) is 0.300. The second-order valence-electron chi connectivity index (χ2n) is 6.17. The van der Waals surface area contributed by atoms with Crippen molar-refractivity contribution in [2.24, 2.45) is 0 Å². The molecule has 31 heavy (non-hydrogen) atoms. The van der Waals surface area contributed by atoms with E-state index in [-0.39, 0.29) is 23.2 Å². The summed E-state index contributed by atoms with van der Waals surface area (Å²) in [6.45, 7) is 0.0518. The third-order valence-corrected chi connectivity index (χ3v) is 5.10. The molecule has 11 heteroatoms. The number of aromatic nitrogens is 2. The smallest absolute Gasteiger partial charge is 0.293 e. The lowest BCUT2D eigenvalue weighted by atomic mass is 10.2. The second-order valence-corrected chi connectivity index (χ2v) is 7.67. The zero-order chi connectivity index (χ0) is 21.8. The van der Waals surface area contributed by atoms with Gasteiger partial charge in [0.25, 0.3) is 11.6 Å². The SMILES string of the molecule is O=C(Nc1nnc(COc2cccc([N+](=O)[O-])c2)s1)c1ccc(-c2ccc(Cl)cc2)o1. The maximum atomic E-state index is 12.4. The average molecular weight is 457 g/mol. The van der Waals surface area contributed by atoms with Crippen LogP contribution >= 0.6 is 22.9 Å². The Morgan fingerprint density at radius 3 is 2.74 bits per heavy atom. The lowest BCUT2D eigenvalue weighted by Gasteiger charge is -2.02. The highest BCUT2D eigenvalue weighted by Crippen LogP contribution is 2.25. The topological polar surface area (TPSA) is 120 Å². The fraction of sp³-hybridized carbons (Fsp3) is 0.0500. The van der Waals surface area contributed by atoms with Crippen molar-refractivity contribution in [3.63, 3.8) is 0 Å². The Bertz CT molecular complexity index is 1240. The minimum atomic E-state index is -0.502. The van der Waals surface area contributed by atoms with Gasteiger partial charge in [-0.1, -0.05) is 29.0 Å². The van der Waals surface area contributed by atoms with E-state index in [1.807, 2.05) is 0 Å². The fourth-order valence-corrected chi connectivity index (χ4v) is 3.36. The van der Waals surface area contributed by atoms with Gasteiger partial charge in [0.2, 0.25) is 5.13 Å². The molecule has 2 aromatic carbocycles. The van der Waals surface area contributed by atoms with E-state index in [4.69, 9.17) is 20.8 Å². The molecule has 0 atom stereocenters. The number of non-ortho nitro benzene ring substituents is 1. The Morgan fingerprint density at radius 2 is 1.97 bits per heavy atom. The lowest BCUT2D eigenvalue weighted by Crippen LogP contribution is -2.10. The van der Waals surface area contributed by atoms with Crippen molar-refractivity contribution in [2.75, 3.05) is 5.32 Å². The van der Waals surface area contributed by atoms with Gasteiger partial charge in [0, 0.05) is 16.7 Å². The number of halogens is 1. The van der Waals surface area contributed by atoms with Crippen LogP contribution in [-0.4, -0.2) is 21.0 Å². The number of amides is 1. The third kappa shape index (κ3) is 5.05. The molecule has 9 nitrogen and oxygen atoms in total. The maximum absolute atomic E-state index is 12.4. The van der Waals surface area contributed by atoms with Gasteiger partial charge in [-0.3, -0.25) is 20.2 Å². The Balaban J connectivity index is 1.36. The van der Waals surface area contributed by atoms with E-state index in [1.165, 1.54) is 18.2 Å². The molecule has 0 radical (unpaired) electrons. The van der Waals surface area contributed by atoms with E-state index in [0.29, 0.717) is 21.5 Å². The molecule has 0 aliphatic rings. The van der Waals surface area contributed by atoms with E-state index >= 15 is 0 Å². The van der Waals surface area contributed by atoms with Gasteiger partial charge in [-0.15, -0.1) is 10.2 Å². The Labute approximate surface area is 184 Å². The molecule has 1 amide bonds. The lowest BCUT2D eigenvalue weighted by molar-refractivity contribution is -0.384. The van der Waals surface area contributed by atoms with Crippen LogP contribution in [0.4, 0.5) is 10.8 Å². The molecule has 0 aliphatic heterocycles. The van der Waals surface area contributed by atoms with Crippen LogP contribution in [-0.2, 0) is 6.61 Å². The van der Waals surface area contributed by atoms with Crippen molar-refractivity contribution in [2.45, 2.75) is 6.61 Å². The van der Waals surface area contributed by atoms with Gasteiger partial charge in [-0.25, -0.2) is 0 Å². The van der Waals surface area contributed by atoms with Gasteiger partial charge in [-0.05, 0) is 42.5 Å². The maximum Gasteiger partial charge on any atom is 0.293 e. The number of anilines is 1. The van der Waals surface area contributed by atoms with Crippen LogP contribution in [0.5, 0.6) is 5.75 Å². The summed E-state index contributed by atoms with van der Waals surface area (Å²) < 4.78 is 11.1. The number of furan rings is 1. The first-order valence-corrected chi connectivity index (χ1v) is 10.0. The zero-order valence-electron chi connectivity index (χ0n) is 15.6. The first-order valence-electron chi connectivity index (χ1n) is 8.85. The number of ether oxygens (including phenoxy) is 1. The van der Waals surface area contributed by atoms with E-state index in [1.54, 1.807) is 42.5 Å². The largest absolute Gasteiger partial charge is 0.486 e. The number of rotatable bonds is 7. The van der Waals surface area contributed by atoms with E-state index in [0.717, 1.165) is 16.9 Å². The molecule has 4 rings (SSSR count). The molecule has 0 spiro atoms. The highest BCUT2D eigenvalue weighted by Gasteiger charge is 2.15. The predicted molar refractivity (Wildman–Crippen MR) is 114 cm³/mol. The summed E-state index contributed by atoms with van der Waals surface area (Å²) in [5.41, 5.74) is 0.721. The molecule has 0 unspecified atom stereocenters. The summed E-state index contributed by atoms with van der Waals surface area (Å²) >= 11 is 7.00. The first kappa shape index (κ1) is 20.5. The third-order valence-electron chi connectivity index (χ3n) is 4.04. The number of nitrogens with one attached hydrogen (secondary N) is 1. The molecular formula is C20H13ClN4O5S. The second kappa shape index (κ2) is 8.94. The van der Waals surface area contributed by atoms with Crippen molar-refractivity contribution in [3.05, 3.63) is 86.6 Å². The van der Waals surface area contributed by atoms with Crippen LogP contribution in [0.2, 0.25) is 5.02 Å². The molecule has 4 aromatic rings. The Morgan fingerprint density at radius 1 is 1.16 bits per heavy atom. The van der Waals surface area contributed by atoms with Crippen LogP contribution in [0, 0.1) is 10.1 Å². The van der Waals surface area contributed by atoms with Gasteiger partial charge < -0.3 is 9.15 Å². The highest BCUT2D eigenvalue weighted by molar-refractivity contribution is 7.15. The first-order chi connectivity index (χ1) is 15.0. The average Bonchev–Trinajstić information content (AvgIpc) is 3.43. The summed E-state index contributed by atoms with van der Waals surface area (Å²) in [5, 5.41) is 22.7. The molecule has 156 valence electrons. The van der Waals surface area contributed by atoms with Gasteiger partial charge in [0.1, 0.15) is 18.1 Å². The number of nitro groups is 1. The zero-order valence-corrected chi connectivity index (χ0v) is 17.2. The summed E-state index contributed by atoms with van der Waals surface area (Å²) in [7, 11) is 0. The molecule has 1 N–H and O–H groups in total. The molecule has 0 fully saturated rings. The summed E-state index contributed by atoms with van der Waals surface area (Å²) in [6.07, 6.45) is 0. The Hall–Kier alpha value is -3.76. The molecule has 2 heterocycles. The van der Waals surface area contributed by atoms with Gasteiger partial charge in [-0.2, -0.15) is 0 Å². The minimum absolute atomic E-state index is 0.0518. The van der Waals surface area contributed by atoms with Gasteiger partial charge in [0.15, 0.2) is 10.8 Å². The van der Waals surface area contributed by atoms with Crippen molar-refractivity contribution < 1.29 is 18.9 Å². The van der Waals surface area contributed by atoms with Crippen LogP contribution in [0.3, 0.4) is 0 Å². The standard InChI is InChI=1S/C20H13ClN4O5S/c21-13-6-4-12(5-7-13)16-8-9-17(30-16)19(26)22-20-24-23-18(31-20)11-29-15-3-1-2-14(10-15)25(27)28/h1-10H,11H2,(H,22,24,26). The van der Waals surface area contributed by atoms with Gasteiger partial charge in [0.05, 0.1) is 11.0 Å². The molecule has 0 saturated carbocycles. The van der Waals surface area contributed by atoms with Crippen LogP contribution < -0.4 is 10.1 Å². The van der Waals surface area contributed by atoms with E-state index in [9.17, 15) is 14.9 Å². The van der Waals surface area contributed by atoms with E-state index in [2.05, 4.69) is 15.5 Å². The molecular weight excluding hydrogens is 444 g/mol. The van der Waals surface area contributed by atoms with Crippen molar-refractivity contribution in [3.8, 4) is 17.1 Å². The van der Waals surface area contributed by atoms with Crippen molar-refractivity contribution >= 4 is 39.7 Å². The number of carbonyl (C=O) groups excluding carboxylic acids is 1. The predicted octanol–water partition coefficient (Wildman–Crippen LogP) is 5.19. The van der Waals surface area contributed by atoms with Crippen LogP contribution in [0.1, 0.15) is 15.6 Å². The highest BCUT2D eigenvalue weighted by atomic mass is 35.5. The minimum Gasteiger partial charge on any atom is -0.486 e. The summed E-state index contributed by atoms with van der Waals surface area (Å²) in [5.74, 6) is 0.516. The number of nitrogens with zero attached hydrogens (tertiary/aromatic N) is 3.